The minimum atomic E-state index is 0.345. The Bertz CT molecular complexity index is 218. The summed E-state index contributed by atoms with van der Waals surface area (Å²) in [5.41, 5.74) is 0.345. The fourth-order valence-electron chi connectivity index (χ4n) is 2.92. The minimum Gasteiger partial charge on any atom is -0.384 e. The first-order valence-corrected chi connectivity index (χ1v) is 6.74. The van der Waals surface area contributed by atoms with Gasteiger partial charge in [0.05, 0.1) is 12.7 Å². The first-order chi connectivity index (χ1) is 8.28. The largest absolute Gasteiger partial charge is 0.384 e. The van der Waals surface area contributed by atoms with Gasteiger partial charge in [0.2, 0.25) is 0 Å². The van der Waals surface area contributed by atoms with Crippen LogP contribution in [0.15, 0.2) is 0 Å². The van der Waals surface area contributed by atoms with Crippen LogP contribution in [0.4, 0.5) is 0 Å². The third kappa shape index (κ3) is 3.41. The van der Waals surface area contributed by atoms with E-state index >= 15 is 0 Å². The van der Waals surface area contributed by atoms with Crippen molar-refractivity contribution >= 4 is 0 Å². The van der Waals surface area contributed by atoms with Crippen LogP contribution in [0.1, 0.15) is 25.7 Å². The molecule has 17 heavy (non-hydrogen) atoms. The number of hydrogen-bond donors (Lipinski definition) is 2. The van der Waals surface area contributed by atoms with Crippen molar-refractivity contribution in [1.82, 2.24) is 10.6 Å². The van der Waals surface area contributed by atoms with Gasteiger partial charge in [0.15, 0.2) is 0 Å². The summed E-state index contributed by atoms with van der Waals surface area (Å²) in [5, 5.41) is 7.12. The smallest absolute Gasteiger partial charge is 0.0601 e. The molecule has 2 rings (SSSR count). The summed E-state index contributed by atoms with van der Waals surface area (Å²) in [6, 6.07) is 0.656. The minimum absolute atomic E-state index is 0.345. The summed E-state index contributed by atoms with van der Waals surface area (Å²) in [5.74, 6) is 0. The molecule has 0 atom stereocenters. The lowest BCUT2D eigenvalue weighted by Gasteiger charge is -2.41. The van der Waals surface area contributed by atoms with Crippen molar-refractivity contribution in [3.63, 3.8) is 0 Å². The van der Waals surface area contributed by atoms with E-state index in [1.165, 1.54) is 12.8 Å². The Morgan fingerprint density at radius 3 is 2.53 bits per heavy atom. The van der Waals surface area contributed by atoms with Crippen LogP contribution >= 0.6 is 0 Å². The van der Waals surface area contributed by atoms with E-state index in [1.807, 2.05) is 7.11 Å². The summed E-state index contributed by atoms with van der Waals surface area (Å²) < 4.78 is 10.7. The third-order valence-corrected chi connectivity index (χ3v) is 4.31. The molecule has 0 aromatic heterocycles. The molecular formula is C13H26N2O2. The number of rotatable bonds is 6. The van der Waals surface area contributed by atoms with Crippen LogP contribution in [-0.4, -0.2) is 52.6 Å². The average Bonchev–Trinajstić information content (AvgIpc) is 2.29. The molecule has 1 saturated heterocycles. The second kappa shape index (κ2) is 6.14. The lowest BCUT2D eigenvalue weighted by Crippen LogP contribution is -2.52. The van der Waals surface area contributed by atoms with E-state index in [0.29, 0.717) is 17.6 Å². The van der Waals surface area contributed by atoms with Gasteiger partial charge in [-0.05, 0) is 38.8 Å². The number of hydrogen-bond acceptors (Lipinski definition) is 4. The average molecular weight is 242 g/mol. The maximum Gasteiger partial charge on any atom is 0.0601 e. The molecule has 100 valence electrons. The number of nitrogens with one attached hydrogen (secondary N) is 2. The summed E-state index contributed by atoms with van der Waals surface area (Å²) in [6.45, 7) is 4.21. The Kier molecular flexibility index (Phi) is 4.79. The maximum atomic E-state index is 5.42. The van der Waals surface area contributed by atoms with Crippen LogP contribution in [0, 0.1) is 5.41 Å². The summed E-state index contributed by atoms with van der Waals surface area (Å²) in [6.07, 6.45) is 5.25. The van der Waals surface area contributed by atoms with E-state index in [9.17, 15) is 0 Å². The molecule has 1 aliphatic carbocycles. The van der Waals surface area contributed by atoms with Gasteiger partial charge in [0.1, 0.15) is 0 Å². The molecule has 4 nitrogen and oxygen atoms in total. The Morgan fingerprint density at radius 2 is 1.94 bits per heavy atom. The zero-order valence-corrected chi connectivity index (χ0v) is 11.1. The van der Waals surface area contributed by atoms with Crippen molar-refractivity contribution in [3.8, 4) is 0 Å². The first-order valence-electron chi connectivity index (χ1n) is 6.74. The fourth-order valence-corrected chi connectivity index (χ4v) is 2.92. The van der Waals surface area contributed by atoms with Gasteiger partial charge in [-0.25, -0.2) is 0 Å². The lowest BCUT2D eigenvalue weighted by molar-refractivity contribution is 0.00457. The molecule has 0 spiro atoms. The van der Waals surface area contributed by atoms with Crippen LogP contribution in [-0.2, 0) is 9.47 Å². The highest BCUT2D eigenvalue weighted by atomic mass is 16.5. The summed E-state index contributed by atoms with van der Waals surface area (Å²) in [7, 11) is 3.62. The quantitative estimate of drug-likeness (QED) is 0.722. The molecular weight excluding hydrogens is 216 g/mol. The van der Waals surface area contributed by atoms with Gasteiger partial charge in [0, 0.05) is 32.2 Å². The van der Waals surface area contributed by atoms with Crippen LogP contribution in [0.25, 0.3) is 0 Å². The summed E-state index contributed by atoms with van der Waals surface area (Å²) in [4.78, 5) is 0. The zero-order chi connectivity index (χ0) is 12.1. The highest BCUT2D eigenvalue weighted by molar-refractivity contribution is 4.91. The predicted molar refractivity (Wildman–Crippen MR) is 68.2 cm³/mol. The van der Waals surface area contributed by atoms with Crippen LogP contribution in [0.3, 0.4) is 0 Å². The number of methoxy groups -OCH3 is 2. The molecule has 1 aliphatic heterocycles. The van der Waals surface area contributed by atoms with Crippen molar-refractivity contribution in [3.05, 3.63) is 0 Å². The Morgan fingerprint density at radius 1 is 1.24 bits per heavy atom. The van der Waals surface area contributed by atoms with Gasteiger partial charge in [-0.1, -0.05) is 0 Å². The molecule has 0 aromatic rings. The van der Waals surface area contributed by atoms with Crippen molar-refractivity contribution < 1.29 is 9.47 Å². The predicted octanol–water partition coefficient (Wildman–Crippen LogP) is 0.770. The molecule has 0 bridgehead atoms. The van der Waals surface area contributed by atoms with Crippen molar-refractivity contribution in [2.24, 2.45) is 5.41 Å². The molecule has 2 N–H and O–H groups in total. The van der Waals surface area contributed by atoms with Gasteiger partial charge in [-0.2, -0.15) is 0 Å². The number of ether oxygens (including phenoxy) is 2. The van der Waals surface area contributed by atoms with Crippen LogP contribution in [0.2, 0.25) is 0 Å². The third-order valence-electron chi connectivity index (χ3n) is 4.31. The van der Waals surface area contributed by atoms with Crippen molar-refractivity contribution in [2.75, 3.05) is 40.5 Å². The molecule has 0 unspecified atom stereocenters. The molecule has 0 amide bonds. The van der Waals surface area contributed by atoms with E-state index < -0.39 is 0 Å². The SMILES string of the molecule is COCC1(CNC2CC(OC)C2)CCNCC1. The first kappa shape index (κ1) is 13.3. The maximum absolute atomic E-state index is 5.42. The highest BCUT2D eigenvalue weighted by Gasteiger charge is 2.35. The molecule has 0 aromatic carbocycles. The van der Waals surface area contributed by atoms with E-state index in [2.05, 4.69) is 10.6 Å². The van der Waals surface area contributed by atoms with Gasteiger partial charge in [-0.3, -0.25) is 0 Å². The molecule has 2 aliphatic rings. The Balaban J connectivity index is 1.74. The van der Waals surface area contributed by atoms with Gasteiger partial charge < -0.3 is 20.1 Å². The monoisotopic (exact) mass is 242 g/mol. The van der Waals surface area contributed by atoms with Crippen LogP contribution in [0.5, 0.6) is 0 Å². The highest BCUT2D eigenvalue weighted by Crippen LogP contribution is 2.30. The topological polar surface area (TPSA) is 42.5 Å². The van der Waals surface area contributed by atoms with E-state index in [1.54, 1.807) is 7.11 Å². The molecule has 1 saturated carbocycles. The Hall–Kier alpha value is -0.160. The van der Waals surface area contributed by atoms with E-state index in [0.717, 1.165) is 39.1 Å². The van der Waals surface area contributed by atoms with Crippen molar-refractivity contribution in [1.29, 1.82) is 0 Å². The lowest BCUT2D eigenvalue weighted by atomic mass is 9.78. The van der Waals surface area contributed by atoms with Crippen LogP contribution < -0.4 is 10.6 Å². The van der Waals surface area contributed by atoms with Gasteiger partial charge >= 0.3 is 0 Å². The fraction of sp³-hybridized carbons (Fsp3) is 1.00. The van der Waals surface area contributed by atoms with E-state index in [-0.39, 0.29) is 0 Å². The summed E-state index contributed by atoms with van der Waals surface area (Å²) >= 11 is 0. The second-order valence-electron chi connectivity index (χ2n) is 5.59. The van der Waals surface area contributed by atoms with Gasteiger partial charge in [-0.15, -0.1) is 0 Å². The molecule has 4 heteroatoms. The zero-order valence-electron chi connectivity index (χ0n) is 11.1. The standard InChI is InChI=1S/C13H26N2O2/c1-16-10-13(3-5-14-6-4-13)9-15-11-7-12(8-11)17-2/h11-12,14-15H,3-10H2,1-2H3. The van der Waals surface area contributed by atoms with Gasteiger partial charge in [0.25, 0.3) is 0 Å². The second-order valence-corrected chi connectivity index (χ2v) is 5.59. The van der Waals surface area contributed by atoms with Crippen molar-refractivity contribution in [2.45, 2.75) is 37.8 Å². The number of piperidine rings is 1. The Labute approximate surface area is 104 Å². The normalized spacial score (nSPS) is 32.1. The molecule has 1 heterocycles. The molecule has 2 fully saturated rings. The molecule has 0 radical (unpaired) electrons. The van der Waals surface area contributed by atoms with E-state index in [4.69, 9.17) is 9.47 Å².